The van der Waals surface area contributed by atoms with Crippen LogP contribution in [0.2, 0.25) is 0 Å². The number of carbonyl (C=O) groups excluding carboxylic acids is 1. The standard InChI is InChI=1S/C34H33N3O3/c1-25(17-18-26-11-5-2-6-12-26)35-34(38)22-30(28-15-9-4-10-16-28)32-24-36(23-27-13-7-3-8-14-27)33-20-19-29(37(39)40)21-31(32)33/h2-16,19-21,24-25,30H,17-18,22-23H2,1H3,(H,35,38)/t25-,30+/m1/s1. The van der Waals surface area contributed by atoms with Crippen molar-refractivity contribution in [2.75, 3.05) is 0 Å². The summed E-state index contributed by atoms with van der Waals surface area (Å²) in [4.78, 5) is 24.7. The molecule has 1 heterocycles. The summed E-state index contributed by atoms with van der Waals surface area (Å²) in [6, 6.07) is 35.3. The van der Waals surface area contributed by atoms with E-state index in [1.807, 2.05) is 79.7 Å². The number of fused-ring (bicyclic) bond motifs is 1. The number of aryl methyl sites for hydroxylation is 1. The minimum Gasteiger partial charge on any atom is -0.354 e. The molecule has 40 heavy (non-hydrogen) atoms. The number of benzene rings is 4. The summed E-state index contributed by atoms with van der Waals surface area (Å²) < 4.78 is 2.13. The molecule has 0 radical (unpaired) electrons. The van der Waals surface area contributed by atoms with Crippen molar-refractivity contribution in [1.29, 1.82) is 0 Å². The van der Waals surface area contributed by atoms with E-state index >= 15 is 0 Å². The van der Waals surface area contributed by atoms with Crippen LogP contribution in [-0.4, -0.2) is 21.4 Å². The molecule has 0 aliphatic heterocycles. The van der Waals surface area contributed by atoms with E-state index in [1.54, 1.807) is 12.1 Å². The molecule has 5 rings (SSSR count). The number of nitro benzene ring substituents is 1. The minimum atomic E-state index is -0.365. The molecule has 5 aromatic rings. The molecule has 6 nitrogen and oxygen atoms in total. The normalized spacial score (nSPS) is 12.6. The molecule has 0 spiro atoms. The van der Waals surface area contributed by atoms with E-state index in [0.717, 1.165) is 40.4 Å². The van der Waals surface area contributed by atoms with Crippen molar-refractivity contribution in [3.8, 4) is 0 Å². The molecule has 202 valence electrons. The Morgan fingerprint density at radius 1 is 0.875 bits per heavy atom. The maximum absolute atomic E-state index is 13.4. The first-order valence-electron chi connectivity index (χ1n) is 13.7. The summed E-state index contributed by atoms with van der Waals surface area (Å²) >= 11 is 0. The first kappa shape index (κ1) is 26.9. The van der Waals surface area contributed by atoms with Crippen LogP contribution in [0.3, 0.4) is 0 Å². The smallest absolute Gasteiger partial charge is 0.270 e. The Morgan fingerprint density at radius 2 is 1.50 bits per heavy atom. The van der Waals surface area contributed by atoms with Crippen LogP contribution in [0.5, 0.6) is 0 Å². The molecule has 0 saturated carbocycles. The van der Waals surface area contributed by atoms with Gasteiger partial charge in [-0.3, -0.25) is 14.9 Å². The highest BCUT2D eigenvalue weighted by molar-refractivity contribution is 5.88. The Morgan fingerprint density at radius 3 is 2.15 bits per heavy atom. The number of hydrogen-bond donors (Lipinski definition) is 1. The van der Waals surface area contributed by atoms with E-state index in [-0.39, 0.29) is 34.9 Å². The monoisotopic (exact) mass is 531 g/mol. The fraction of sp³-hybridized carbons (Fsp3) is 0.206. The van der Waals surface area contributed by atoms with Crippen molar-refractivity contribution in [3.05, 3.63) is 148 Å². The van der Waals surface area contributed by atoms with Gasteiger partial charge in [-0.1, -0.05) is 91.0 Å². The number of nitro groups is 1. The lowest BCUT2D eigenvalue weighted by molar-refractivity contribution is -0.384. The molecule has 0 fully saturated rings. The van der Waals surface area contributed by atoms with Gasteiger partial charge < -0.3 is 9.88 Å². The van der Waals surface area contributed by atoms with E-state index in [2.05, 4.69) is 40.3 Å². The maximum Gasteiger partial charge on any atom is 0.270 e. The summed E-state index contributed by atoms with van der Waals surface area (Å²) in [6.45, 7) is 2.66. The summed E-state index contributed by atoms with van der Waals surface area (Å²) in [6.07, 6.45) is 4.04. The van der Waals surface area contributed by atoms with E-state index in [0.29, 0.717) is 6.54 Å². The fourth-order valence-electron chi connectivity index (χ4n) is 5.33. The first-order chi connectivity index (χ1) is 19.5. The highest BCUT2D eigenvalue weighted by Gasteiger charge is 2.25. The van der Waals surface area contributed by atoms with Crippen molar-refractivity contribution < 1.29 is 9.72 Å². The van der Waals surface area contributed by atoms with Gasteiger partial charge in [-0.15, -0.1) is 0 Å². The number of carbonyl (C=O) groups is 1. The van der Waals surface area contributed by atoms with Gasteiger partial charge in [0.05, 0.1) is 4.92 Å². The van der Waals surface area contributed by atoms with Crippen LogP contribution in [-0.2, 0) is 17.8 Å². The Bertz CT molecular complexity index is 1580. The van der Waals surface area contributed by atoms with Crippen molar-refractivity contribution in [1.82, 2.24) is 9.88 Å². The van der Waals surface area contributed by atoms with Crippen molar-refractivity contribution in [3.63, 3.8) is 0 Å². The fourth-order valence-corrected chi connectivity index (χ4v) is 5.33. The van der Waals surface area contributed by atoms with Gasteiger partial charge in [0.15, 0.2) is 0 Å². The van der Waals surface area contributed by atoms with Crippen LogP contribution in [0.1, 0.15) is 47.9 Å². The van der Waals surface area contributed by atoms with Crippen LogP contribution < -0.4 is 5.32 Å². The second-order valence-electron chi connectivity index (χ2n) is 10.3. The van der Waals surface area contributed by atoms with Gasteiger partial charge >= 0.3 is 0 Å². The number of rotatable bonds is 11. The molecule has 1 N–H and O–H groups in total. The van der Waals surface area contributed by atoms with Gasteiger partial charge in [-0.25, -0.2) is 0 Å². The average molecular weight is 532 g/mol. The van der Waals surface area contributed by atoms with Gasteiger partial charge in [0.2, 0.25) is 5.91 Å². The molecule has 0 unspecified atom stereocenters. The van der Waals surface area contributed by atoms with Crippen molar-refractivity contribution in [2.45, 2.75) is 44.7 Å². The molecule has 1 aromatic heterocycles. The molecular formula is C34H33N3O3. The SMILES string of the molecule is C[C@H](CCc1ccccc1)NC(=O)C[C@@H](c1ccccc1)c1cn(Cc2ccccc2)c2ccc([N+](=O)[O-])cc12. The topological polar surface area (TPSA) is 77.2 Å². The predicted molar refractivity (Wildman–Crippen MR) is 159 cm³/mol. The number of amides is 1. The van der Waals surface area contributed by atoms with Gasteiger partial charge in [0.1, 0.15) is 0 Å². The quantitative estimate of drug-likeness (QED) is 0.144. The van der Waals surface area contributed by atoms with Crippen molar-refractivity contribution >= 4 is 22.5 Å². The van der Waals surface area contributed by atoms with Crippen LogP contribution in [0.15, 0.2) is 115 Å². The van der Waals surface area contributed by atoms with Gasteiger partial charge in [0, 0.05) is 54.2 Å². The van der Waals surface area contributed by atoms with Gasteiger partial charge in [-0.05, 0) is 48.1 Å². The summed E-state index contributed by atoms with van der Waals surface area (Å²) in [5, 5.41) is 15.7. The van der Waals surface area contributed by atoms with Crippen LogP contribution in [0.25, 0.3) is 10.9 Å². The molecule has 2 atom stereocenters. The molecule has 0 saturated heterocycles. The zero-order valence-corrected chi connectivity index (χ0v) is 22.6. The number of hydrogen-bond acceptors (Lipinski definition) is 3. The first-order valence-corrected chi connectivity index (χ1v) is 13.7. The number of nitrogens with zero attached hydrogens (tertiary/aromatic N) is 2. The van der Waals surface area contributed by atoms with Crippen LogP contribution in [0.4, 0.5) is 5.69 Å². The lowest BCUT2D eigenvalue weighted by atomic mass is 9.88. The third kappa shape index (κ3) is 6.46. The summed E-state index contributed by atoms with van der Waals surface area (Å²) in [5.74, 6) is -0.298. The molecule has 0 aliphatic rings. The molecule has 1 amide bonds. The number of non-ortho nitro benzene ring substituents is 1. The second kappa shape index (κ2) is 12.4. The van der Waals surface area contributed by atoms with E-state index in [9.17, 15) is 14.9 Å². The largest absolute Gasteiger partial charge is 0.354 e. The van der Waals surface area contributed by atoms with Gasteiger partial charge in [0.25, 0.3) is 5.69 Å². The Balaban J connectivity index is 1.46. The van der Waals surface area contributed by atoms with E-state index in [4.69, 9.17) is 0 Å². The molecule has 6 heteroatoms. The minimum absolute atomic E-state index is 0.0182. The van der Waals surface area contributed by atoms with Crippen LogP contribution >= 0.6 is 0 Å². The highest BCUT2D eigenvalue weighted by atomic mass is 16.6. The Labute approximate surface area is 234 Å². The average Bonchev–Trinajstić information content (AvgIpc) is 3.33. The van der Waals surface area contributed by atoms with E-state index < -0.39 is 0 Å². The zero-order valence-electron chi connectivity index (χ0n) is 22.6. The number of nitrogens with one attached hydrogen (secondary N) is 1. The Hall–Kier alpha value is -4.71. The Kier molecular flexibility index (Phi) is 8.35. The van der Waals surface area contributed by atoms with Crippen molar-refractivity contribution in [2.24, 2.45) is 0 Å². The zero-order chi connectivity index (χ0) is 27.9. The molecule has 0 aliphatic carbocycles. The summed E-state index contributed by atoms with van der Waals surface area (Å²) in [7, 11) is 0. The number of aromatic nitrogens is 1. The lowest BCUT2D eigenvalue weighted by Gasteiger charge is -2.20. The lowest BCUT2D eigenvalue weighted by Crippen LogP contribution is -2.33. The molecule has 0 bridgehead atoms. The molecular weight excluding hydrogens is 498 g/mol. The maximum atomic E-state index is 13.4. The predicted octanol–water partition coefficient (Wildman–Crippen LogP) is 7.26. The van der Waals surface area contributed by atoms with Crippen LogP contribution in [0, 0.1) is 10.1 Å². The highest BCUT2D eigenvalue weighted by Crippen LogP contribution is 2.36. The third-order valence-electron chi connectivity index (χ3n) is 7.39. The van der Waals surface area contributed by atoms with E-state index in [1.165, 1.54) is 5.56 Å². The third-order valence-corrected chi connectivity index (χ3v) is 7.39. The van der Waals surface area contributed by atoms with Gasteiger partial charge in [-0.2, -0.15) is 0 Å². The second-order valence-corrected chi connectivity index (χ2v) is 10.3. The summed E-state index contributed by atoms with van der Waals surface area (Å²) in [5.41, 5.74) is 5.23. The molecule has 4 aromatic carbocycles.